The van der Waals surface area contributed by atoms with E-state index in [1.165, 1.54) is 6.08 Å². The molecule has 0 bridgehead atoms. The molecule has 0 rings (SSSR count). The highest BCUT2D eigenvalue weighted by Crippen LogP contribution is 2.00. The zero-order chi connectivity index (χ0) is 10.6. The van der Waals surface area contributed by atoms with Crippen LogP contribution in [-0.4, -0.2) is 16.5 Å². The molecule has 0 aromatic carbocycles. The zero-order valence-electron chi connectivity index (χ0n) is 8.53. The van der Waals surface area contributed by atoms with Crippen LogP contribution < -0.4 is 0 Å². The Morgan fingerprint density at radius 1 is 1.14 bits per heavy atom. The molecule has 1 unspecified atom stereocenters. The summed E-state index contributed by atoms with van der Waals surface area (Å²) < 4.78 is 0. The van der Waals surface area contributed by atoms with Crippen LogP contribution in [-0.2, 0) is 0 Å². The van der Waals surface area contributed by atoms with Crippen molar-refractivity contribution in [2.24, 2.45) is 0 Å². The Balaban J connectivity index is 3.28. The maximum absolute atomic E-state index is 9.11. The summed E-state index contributed by atoms with van der Waals surface area (Å²) in [5.41, 5.74) is 0. The van der Waals surface area contributed by atoms with Crippen LogP contribution in [0.5, 0.6) is 0 Å². The van der Waals surface area contributed by atoms with Crippen LogP contribution in [0.25, 0.3) is 0 Å². The van der Waals surface area contributed by atoms with Crippen LogP contribution in [0.4, 0.5) is 0 Å². The lowest BCUT2D eigenvalue weighted by Gasteiger charge is -1.95. The van der Waals surface area contributed by atoms with Crippen LogP contribution in [0.3, 0.4) is 0 Å². The van der Waals surface area contributed by atoms with Crippen LogP contribution >= 0.6 is 15.9 Å². The highest BCUT2D eigenvalue weighted by Gasteiger charge is 1.87. The third-order valence-corrected chi connectivity index (χ3v) is 2.22. The summed E-state index contributed by atoms with van der Waals surface area (Å²) in [6, 6.07) is 0. The van der Waals surface area contributed by atoms with Crippen molar-refractivity contribution in [2.75, 3.05) is 5.33 Å². The first-order valence-corrected chi connectivity index (χ1v) is 6.11. The third kappa shape index (κ3) is 9.75. The Hall–Kier alpha value is -0.340. The minimum atomic E-state index is -0.487. The van der Waals surface area contributed by atoms with Crippen LogP contribution in [0, 0.1) is 0 Å². The Morgan fingerprint density at radius 3 is 2.43 bits per heavy atom. The van der Waals surface area contributed by atoms with Crippen molar-refractivity contribution in [1.82, 2.24) is 0 Å². The van der Waals surface area contributed by atoms with Gasteiger partial charge >= 0.3 is 0 Å². The molecule has 1 atom stereocenters. The molecule has 14 heavy (non-hydrogen) atoms. The van der Waals surface area contributed by atoms with Crippen LogP contribution in [0.15, 0.2) is 37.0 Å². The summed E-state index contributed by atoms with van der Waals surface area (Å²) in [6.07, 6.45) is 13.6. The van der Waals surface area contributed by atoms with Gasteiger partial charge < -0.3 is 5.11 Å². The predicted octanol–water partition coefficient (Wildman–Crippen LogP) is 3.60. The molecule has 0 spiro atoms. The number of hydrogen-bond donors (Lipinski definition) is 1. The topological polar surface area (TPSA) is 20.2 Å². The minimum Gasteiger partial charge on any atom is -0.385 e. The molecule has 1 N–H and O–H groups in total. The number of unbranched alkanes of at least 4 members (excludes halogenated alkanes) is 2. The molecule has 0 amide bonds. The number of hydrogen-bond acceptors (Lipinski definition) is 1. The van der Waals surface area contributed by atoms with Gasteiger partial charge in [-0.2, -0.15) is 0 Å². The Kier molecular flexibility index (Phi) is 10.5. The lowest BCUT2D eigenvalue weighted by atomic mass is 10.2. The lowest BCUT2D eigenvalue weighted by Crippen LogP contribution is -1.93. The highest BCUT2D eigenvalue weighted by molar-refractivity contribution is 9.09. The van der Waals surface area contributed by atoms with E-state index in [0.29, 0.717) is 0 Å². The Morgan fingerprint density at radius 2 is 1.79 bits per heavy atom. The summed E-state index contributed by atoms with van der Waals surface area (Å²) in [5.74, 6) is 0. The Labute approximate surface area is 95.3 Å². The van der Waals surface area contributed by atoms with E-state index >= 15 is 0 Å². The van der Waals surface area contributed by atoms with Gasteiger partial charge in [0.1, 0.15) is 0 Å². The van der Waals surface area contributed by atoms with Gasteiger partial charge in [-0.05, 0) is 25.7 Å². The normalized spacial score (nSPS) is 13.9. The lowest BCUT2D eigenvalue weighted by molar-refractivity contribution is 0.271. The van der Waals surface area contributed by atoms with E-state index in [4.69, 9.17) is 5.11 Å². The quantitative estimate of drug-likeness (QED) is 0.401. The highest BCUT2D eigenvalue weighted by atomic mass is 79.9. The SMILES string of the molecule is C=CC(O)/C=C/CCC/C=C/CCBr. The summed E-state index contributed by atoms with van der Waals surface area (Å²) >= 11 is 3.37. The standard InChI is InChI=1S/C12H19BrO/c1-2-12(14)10-8-6-4-3-5-7-9-11-13/h2,5,7-8,10,12,14H,1,3-4,6,9,11H2/b7-5+,10-8+. The van der Waals surface area contributed by atoms with Crippen molar-refractivity contribution in [1.29, 1.82) is 0 Å². The van der Waals surface area contributed by atoms with Crippen molar-refractivity contribution >= 4 is 15.9 Å². The number of aliphatic hydroxyl groups is 1. The number of halogens is 1. The van der Waals surface area contributed by atoms with E-state index in [2.05, 4.69) is 34.7 Å². The van der Waals surface area contributed by atoms with Crippen molar-refractivity contribution in [3.05, 3.63) is 37.0 Å². The van der Waals surface area contributed by atoms with Gasteiger partial charge in [0.15, 0.2) is 0 Å². The van der Waals surface area contributed by atoms with Crippen molar-refractivity contribution in [2.45, 2.75) is 31.8 Å². The number of rotatable bonds is 8. The summed E-state index contributed by atoms with van der Waals surface area (Å²) in [5, 5.41) is 10.1. The van der Waals surface area contributed by atoms with E-state index in [-0.39, 0.29) is 0 Å². The molecule has 80 valence electrons. The van der Waals surface area contributed by atoms with Crippen molar-refractivity contribution in [3.63, 3.8) is 0 Å². The maximum Gasteiger partial charge on any atom is 0.0899 e. The molecule has 1 nitrogen and oxygen atoms in total. The molecule has 0 aliphatic rings. The smallest absolute Gasteiger partial charge is 0.0899 e. The van der Waals surface area contributed by atoms with E-state index in [9.17, 15) is 0 Å². The van der Waals surface area contributed by atoms with Gasteiger partial charge in [-0.25, -0.2) is 0 Å². The second-order valence-electron chi connectivity index (χ2n) is 3.03. The first-order valence-electron chi connectivity index (χ1n) is 4.99. The fourth-order valence-corrected chi connectivity index (χ4v) is 1.23. The average Bonchev–Trinajstić information content (AvgIpc) is 2.21. The van der Waals surface area contributed by atoms with Gasteiger partial charge in [0, 0.05) is 5.33 Å². The maximum atomic E-state index is 9.11. The first-order chi connectivity index (χ1) is 6.81. The molecule has 0 saturated heterocycles. The van der Waals surface area contributed by atoms with E-state index in [0.717, 1.165) is 31.0 Å². The molecular weight excluding hydrogens is 240 g/mol. The second kappa shape index (κ2) is 10.7. The average molecular weight is 259 g/mol. The molecule has 0 aliphatic heterocycles. The van der Waals surface area contributed by atoms with Gasteiger partial charge in [-0.15, -0.1) is 6.58 Å². The molecular formula is C12H19BrO. The molecule has 0 fully saturated rings. The second-order valence-corrected chi connectivity index (χ2v) is 3.83. The van der Waals surface area contributed by atoms with Gasteiger partial charge in [0.25, 0.3) is 0 Å². The van der Waals surface area contributed by atoms with Crippen molar-refractivity contribution in [3.8, 4) is 0 Å². The fourth-order valence-electron chi connectivity index (χ4n) is 0.966. The summed E-state index contributed by atoms with van der Waals surface area (Å²) in [6.45, 7) is 3.49. The molecule has 0 radical (unpaired) electrons. The molecule has 0 saturated carbocycles. The predicted molar refractivity (Wildman–Crippen MR) is 66.7 cm³/mol. The third-order valence-electron chi connectivity index (χ3n) is 1.76. The first kappa shape index (κ1) is 13.7. The molecule has 0 aliphatic carbocycles. The van der Waals surface area contributed by atoms with E-state index in [1.807, 2.05) is 6.08 Å². The number of aliphatic hydroxyl groups excluding tert-OH is 1. The number of alkyl halides is 1. The van der Waals surface area contributed by atoms with Gasteiger partial charge in [0.05, 0.1) is 6.10 Å². The monoisotopic (exact) mass is 258 g/mol. The van der Waals surface area contributed by atoms with E-state index < -0.39 is 6.10 Å². The summed E-state index contributed by atoms with van der Waals surface area (Å²) in [4.78, 5) is 0. The Bertz CT molecular complexity index is 185. The molecule has 0 aromatic rings. The molecule has 2 heteroatoms. The fraction of sp³-hybridized carbons (Fsp3) is 0.500. The molecule has 0 heterocycles. The zero-order valence-corrected chi connectivity index (χ0v) is 10.1. The van der Waals surface area contributed by atoms with Gasteiger partial charge in [0.2, 0.25) is 0 Å². The number of allylic oxidation sites excluding steroid dienone is 3. The van der Waals surface area contributed by atoms with Gasteiger partial charge in [-0.1, -0.05) is 46.3 Å². The molecule has 0 aromatic heterocycles. The summed E-state index contributed by atoms with van der Waals surface area (Å²) in [7, 11) is 0. The minimum absolute atomic E-state index is 0.487. The van der Waals surface area contributed by atoms with Crippen LogP contribution in [0.2, 0.25) is 0 Å². The van der Waals surface area contributed by atoms with E-state index in [1.54, 1.807) is 6.08 Å². The largest absolute Gasteiger partial charge is 0.385 e. The van der Waals surface area contributed by atoms with Gasteiger partial charge in [-0.3, -0.25) is 0 Å². The van der Waals surface area contributed by atoms with Crippen LogP contribution in [0.1, 0.15) is 25.7 Å². The van der Waals surface area contributed by atoms with Crippen molar-refractivity contribution < 1.29 is 5.11 Å².